The van der Waals surface area contributed by atoms with Crippen LogP contribution in [0.2, 0.25) is 0 Å². The number of halogens is 2. The number of amides is 1. The average Bonchev–Trinajstić information content (AvgIpc) is 2.87. The van der Waals surface area contributed by atoms with Gasteiger partial charge in [-0.3, -0.25) is 4.79 Å². The standard InChI is InChI=1S/C14H20F2N4O/c1-14(15,16)8-17-13(21)10-3-4-11-12(18-10)19(2)9-5-6-20(11)7-9/h3-4,9-10,18H,5-8H2,1-2H3,(H,17,21). The number of hydrogen-bond acceptors (Lipinski definition) is 4. The van der Waals surface area contributed by atoms with Gasteiger partial charge in [0.1, 0.15) is 11.9 Å². The minimum atomic E-state index is -2.90. The fourth-order valence-corrected chi connectivity index (χ4v) is 3.04. The molecule has 0 aromatic rings. The van der Waals surface area contributed by atoms with Crippen LogP contribution in [0.25, 0.3) is 0 Å². The van der Waals surface area contributed by atoms with Gasteiger partial charge in [0.25, 0.3) is 5.92 Å². The van der Waals surface area contributed by atoms with E-state index in [-0.39, 0.29) is 0 Å². The molecule has 0 aromatic heterocycles. The molecule has 2 bridgehead atoms. The van der Waals surface area contributed by atoms with Crippen molar-refractivity contribution < 1.29 is 13.6 Å². The Morgan fingerprint density at radius 1 is 1.57 bits per heavy atom. The van der Waals surface area contributed by atoms with E-state index in [9.17, 15) is 13.6 Å². The Kier molecular flexibility index (Phi) is 3.30. The number of rotatable bonds is 3. The minimum Gasteiger partial charge on any atom is -0.366 e. The van der Waals surface area contributed by atoms with Crippen LogP contribution in [0.15, 0.2) is 23.7 Å². The quantitative estimate of drug-likeness (QED) is 0.795. The summed E-state index contributed by atoms with van der Waals surface area (Å²) in [6, 6.07) is -0.154. The molecule has 1 fully saturated rings. The zero-order chi connectivity index (χ0) is 15.2. The molecule has 7 heteroatoms. The Morgan fingerprint density at radius 2 is 2.33 bits per heavy atom. The highest BCUT2D eigenvalue weighted by molar-refractivity contribution is 5.84. The van der Waals surface area contributed by atoms with Crippen LogP contribution in [0.4, 0.5) is 8.78 Å². The van der Waals surface area contributed by atoms with Gasteiger partial charge in [-0.25, -0.2) is 8.78 Å². The van der Waals surface area contributed by atoms with Crippen molar-refractivity contribution in [2.75, 3.05) is 26.7 Å². The number of nitrogens with one attached hydrogen (secondary N) is 2. The van der Waals surface area contributed by atoms with Crippen LogP contribution < -0.4 is 10.6 Å². The molecule has 21 heavy (non-hydrogen) atoms. The Labute approximate surface area is 122 Å². The molecule has 1 saturated heterocycles. The fraction of sp³-hybridized carbons (Fsp3) is 0.643. The van der Waals surface area contributed by atoms with Gasteiger partial charge in [0.05, 0.1) is 12.2 Å². The highest BCUT2D eigenvalue weighted by atomic mass is 19.3. The monoisotopic (exact) mass is 298 g/mol. The maximum Gasteiger partial charge on any atom is 0.262 e. The predicted octanol–water partition coefficient (Wildman–Crippen LogP) is 0.475. The van der Waals surface area contributed by atoms with Crippen molar-refractivity contribution in [1.82, 2.24) is 20.4 Å². The van der Waals surface area contributed by atoms with Crippen LogP contribution in [0.3, 0.4) is 0 Å². The maximum atomic E-state index is 12.8. The third-order valence-electron chi connectivity index (χ3n) is 4.24. The van der Waals surface area contributed by atoms with Gasteiger partial charge >= 0.3 is 0 Å². The lowest BCUT2D eigenvalue weighted by molar-refractivity contribution is -0.123. The first-order valence-electron chi connectivity index (χ1n) is 7.17. The van der Waals surface area contributed by atoms with E-state index in [1.807, 2.05) is 13.1 Å². The summed E-state index contributed by atoms with van der Waals surface area (Å²) in [5.74, 6) is -2.42. The first-order chi connectivity index (χ1) is 9.85. The molecule has 2 unspecified atom stereocenters. The molecule has 2 atom stereocenters. The molecule has 3 heterocycles. The fourth-order valence-electron chi connectivity index (χ4n) is 3.04. The van der Waals surface area contributed by atoms with E-state index < -0.39 is 24.4 Å². The first kappa shape index (κ1) is 14.2. The number of alkyl halides is 2. The molecule has 3 aliphatic heterocycles. The van der Waals surface area contributed by atoms with Crippen molar-refractivity contribution in [3.63, 3.8) is 0 Å². The lowest BCUT2D eigenvalue weighted by Gasteiger charge is -2.40. The van der Waals surface area contributed by atoms with Gasteiger partial charge in [0.15, 0.2) is 0 Å². The number of nitrogens with zero attached hydrogens (tertiary/aromatic N) is 2. The third kappa shape index (κ3) is 2.69. The number of carbonyl (C=O) groups excluding carboxylic acids is 1. The summed E-state index contributed by atoms with van der Waals surface area (Å²) >= 11 is 0. The summed E-state index contributed by atoms with van der Waals surface area (Å²) < 4.78 is 25.6. The van der Waals surface area contributed by atoms with E-state index in [2.05, 4.69) is 20.4 Å². The molecule has 1 amide bonds. The average molecular weight is 298 g/mol. The summed E-state index contributed by atoms with van der Waals surface area (Å²) in [5.41, 5.74) is 1.08. The summed E-state index contributed by atoms with van der Waals surface area (Å²) in [4.78, 5) is 16.4. The number of carbonyl (C=O) groups is 1. The van der Waals surface area contributed by atoms with Crippen LogP contribution in [0, 0.1) is 0 Å². The molecule has 2 N–H and O–H groups in total. The largest absolute Gasteiger partial charge is 0.366 e. The Balaban J connectivity index is 1.68. The molecule has 116 valence electrons. The van der Waals surface area contributed by atoms with Crippen molar-refractivity contribution in [3.8, 4) is 0 Å². The summed E-state index contributed by atoms with van der Waals surface area (Å²) in [7, 11) is 2.00. The van der Waals surface area contributed by atoms with Gasteiger partial charge in [0.2, 0.25) is 5.91 Å². The summed E-state index contributed by atoms with van der Waals surface area (Å²) in [6.07, 6.45) is 4.74. The molecule has 0 aromatic carbocycles. The van der Waals surface area contributed by atoms with E-state index in [0.29, 0.717) is 6.04 Å². The predicted molar refractivity (Wildman–Crippen MR) is 74.5 cm³/mol. The number of dihydropyridines is 1. The van der Waals surface area contributed by atoms with Crippen molar-refractivity contribution >= 4 is 5.91 Å². The summed E-state index contributed by atoms with van der Waals surface area (Å²) in [5, 5.41) is 5.45. The Bertz CT molecular complexity index is 512. The third-order valence-corrected chi connectivity index (χ3v) is 4.24. The molecule has 0 radical (unpaired) electrons. The van der Waals surface area contributed by atoms with Crippen LogP contribution >= 0.6 is 0 Å². The normalized spacial score (nSPS) is 27.6. The van der Waals surface area contributed by atoms with Crippen molar-refractivity contribution in [2.24, 2.45) is 0 Å². The van der Waals surface area contributed by atoms with Gasteiger partial charge < -0.3 is 20.4 Å². The topological polar surface area (TPSA) is 47.6 Å². The number of fused-ring (bicyclic) bond motifs is 3. The molecule has 5 nitrogen and oxygen atoms in total. The Hall–Kier alpha value is -1.79. The van der Waals surface area contributed by atoms with E-state index in [4.69, 9.17) is 0 Å². The maximum absolute atomic E-state index is 12.8. The van der Waals surface area contributed by atoms with Gasteiger partial charge in [0, 0.05) is 33.1 Å². The molecule has 0 spiro atoms. The zero-order valence-corrected chi connectivity index (χ0v) is 12.2. The lowest BCUT2D eigenvalue weighted by Crippen LogP contribution is -2.53. The second-order valence-electron chi connectivity index (χ2n) is 6.00. The lowest BCUT2D eigenvalue weighted by atomic mass is 10.1. The Morgan fingerprint density at radius 3 is 3.05 bits per heavy atom. The van der Waals surface area contributed by atoms with Crippen LogP contribution in [-0.2, 0) is 4.79 Å². The highest BCUT2D eigenvalue weighted by Crippen LogP contribution is 2.31. The summed E-state index contributed by atoms with van der Waals surface area (Å²) in [6.45, 7) is 2.16. The van der Waals surface area contributed by atoms with E-state index in [0.717, 1.165) is 38.0 Å². The van der Waals surface area contributed by atoms with Crippen LogP contribution in [-0.4, -0.2) is 60.4 Å². The minimum absolute atomic E-state index is 0.430. The highest BCUT2D eigenvalue weighted by Gasteiger charge is 2.38. The molecule has 3 aliphatic rings. The second-order valence-corrected chi connectivity index (χ2v) is 6.00. The van der Waals surface area contributed by atoms with Crippen molar-refractivity contribution in [3.05, 3.63) is 23.7 Å². The van der Waals surface area contributed by atoms with Gasteiger partial charge in [-0.05, 0) is 12.5 Å². The SMILES string of the molecule is CN1C2=C(C=CC(C(=O)NCC(C)(F)F)N2)N2CCC1C2. The van der Waals surface area contributed by atoms with Crippen LogP contribution in [0.1, 0.15) is 13.3 Å². The molecule has 0 aliphatic carbocycles. The zero-order valence-electron chi connectivity index (χ0n) is 12.2. The van der Waals surface area contributed by atoms with Gasteiger partial charge in [-0.15, -0.1) is 0 Å². The van der Waals surface area contributed by atoms with Crippen molar-refractivity contribution in [2.45, 2.75) is 31.4 Å². The van der Waals surface area contributed by atoms with E-state index >= 15 is 0 Å². The molecule has 0 saturated carbocycles. The second kappa shape index (κ2) is 4.89. The molecular weight excluding hydrogens is 278 g/mol. The van der Waals surface area contributed by atoms with Gasteiger partial charge in [-0.2, -0.15) is 0 Å². The number of likely N-dealkylation sites (N-methyl/N-ethyl adjacent to an activating group) is 1. The molecular formula is C14H20F2N4O. The molecule has 3 rings (SSSR count). The smallest absolute Gasteiger partial charge is 0.262 e. The van der Waals surface area contributed by atoms with E-state index in [1.165, 1.54) is 0 Å². The van der Waals surface area contributed by atoms with E-state index in [1.54, 1.807) is 6.08 Å². The number of hydrogen-bond donors (Lipinski definition) is 2. The number of allylic oxidation sites excluding steroid dienone is 1. The van der Waals surface area contributed by atoms with Gasteiger partial charge in [-0.1, -0.05) is 6.08 Å². The van der Waals surface area contributed by atoms with Crippen LogP contribution in [0.5, 0.6) is 0 Å². The van der Waals surface area contributed by atoms with Crippen molar-refractivity contribution in [1.29, 1.82) is 0 Å². The first-order valence-corrected chi connectivity index (χ1v) is 7.17.